The van der Waals surface area contributed by atoms with Crippen LogP contribution < -0.4 is 9.47 Å². The lowest BCUT2D eigenvalue weighted by Gasteiger charge is -2.22. The minimum atomic E-state index is -0.452. The number of carbonyl (C=O) groups excluding carboxylic acids is 1. The molecular formula is C19H26O6. The van der Waals surface area contributed by atoms with Gasteiger partial charge >= 0.3 is 5.97 Å². The molecule has 1 aromatic rings. The number of benzene rings is 1. The Morgan fingerprint density at radius 3 is 2.80 bits per heavy atom. The quantitative estimate of drug-likeness (QED) is 0.510. The fraction of sp³-hybridized carbons (Fsp3) is 0.526. The summed E-state index contributed by atoms with van der Waals surface area (Å²) in [4.78, 5) is 11.4. The first kappa shape index (κ1) is 19.0. The van der Waals surface area contributed by atoms with Gasteiger partial charge in [-0.2, -0.15) is 0 Å². The van der Waals surface area contributed by atoms with Crippen molar-refractivity contribution in [3.63, 3.8) is 0 Å². The summed E-state index contributed by atoms with van der Waals surface area (Å²) in [5.41, 5.74) is 0.496. The third-order valence-corrected chi connectivity index (χ3v) is 3.77. The van der Waals surface area contributed by atoms with Gasteiger partial charge in [0.05, 0.1) is 18.8 Å². The molecule has 0 atom stereocenters. The molecule has 1 aliphatic rings. The van der Waals surface area contributed by atoms with Crippen LogP contribution in [0.2, 0.25) is 0 Å². The fourth-order valence-electron chi connectivity index (χ4n) is 2.49. The number of fused-ring (bicyclic) bond motifs is 1. The van der Waals surface area contributed by atoms with Crippen molar-refractivity contribution >= 4 is 11.7 Å². The van der Waals surface area contributed by atoms with Crippen molar-refractivity contribution in [2.75, 3.05) is 26.4 Å². The molecule has 25 heavy (non-hydrogen) atoms. The van der Waals surface area contributed by atoms with Gasteiger partial charge in [-0.25, -0.2) is 4.79 Å². The highest BCUT2D eigenvalue weighted by molar-refractivity contribution is 5.73. The topological polar surface area (TPSA) is 74.2 Å². The number of carbonyl (C=O) groups is 1. The average molecular weight is 350 g/mol. The van der Waals surface area contributed by atoms with Crippen LogP contribution in [0.15, 0.2) is 24.0 Å². The minimum absolute atomic E-state index is 0.0540. The number of rotatable bonds is 10. The van der Waals surface area contributed by atoms with Gasteiger partial charge in [0.25, 0.3) is 0 Å². The lowest BCUT2D eigenvalue weighted by molar-refractivity contribution is -0.145. The van der Waals surface area contributed by atoms with E-state index < -0.39 is 5.97 Å². The second-order valence-electron chi connectivity index (χ2n) is 5.70. The van der Waals surface area contributed by atoms with Gasteiger partial charge in [-0.05, 0) is 25.5 Å². The van der Waals surface area contributed by atoms with Crippen LogP contribution in [0.1, 0.15) is 45.1 Å². The van der Waals surface area contributed by atoms with Crippen molar-refractivity contribution in [2.45, 2.75) is 39.5 Å². The van der Waals surface area contributed by atoms with Crippen molar-refractivity contribution in [3.05, 3.63) is 29.5 Å². The number of ether oxygens (including phenoxy) is 4. The molecule has 1 heterocycles. The zero-order chi connectivity index (χ0) is 18.1. The molecule has 0 saturated carbocycles. The van der Waals surface area contributed by atoms with Gasteiger partial charge < -0.3 is 24.1 Å². The van der Waals surface area contributed by atoms with E-state index in [1.54, 1.807) is 25.1 Å². The van der Waals surface area contributed by atoms with E-state index in [1.807, 2.05) is 0 Å². The Hall–Kier alpha value is -2.37. The number of aliphatic hydroxyl groups excluding tert-OH is 1. The SMILES string of the molecule is CCCCCCOC1=C(O)c2cccc(OCC(=O)OCC)c2OC1. The molecule has 0 radical (unpaired) electrons. The van der Waals surface area contributed by atoms with Gasteiger partial charge in [0.15, 0.2) is 29.6 Å². The summed E-state index contributed by atoms with van der Waals surface area (Å²) in [7, 11) is 0. The molecule has 1 aliphatic heterocycles. The van der Waals surface area contributed by atoms with Crippen LogP contribution >= 0.6 is 0 Å². The van der Waals surface area contributed by atoms with E-state index in [0.717, 1.165) is 12.8 Å². The molecule has 0 aromatic heterocycles. The van der Waals surface area contributed by atoms with Crippen molar-refractivity contribution < 1.29 is 28.8 Å². The third kappa shape index (κ3) is 5.31. The molecule has 0 amide bonds. The minimum Gasteiger partial charge on any atom is -0.504 e. The highest BCUT2D eigenvalue weighted by Crippen LogP contribution is 2.39. The molecular weight excluding hydrogens is 324 g/mol. The molecule has 1 N–H and O–H groups in total. The monoisotopic (exact) mass is 350 g/mol. The first-order valence-corrected chi connectivity index (χ1v) is 8.76. The Balaban J connectivity index is 2.01. The van der Waals surface area contributed by atoms with Gasteiger partial charge in [-0.1, -0.05) is 32.3 Å². The van der Waals surface area contributed by atoms with Gasteiger partial charge in [-0.3, -0.25) is 0 Å². The number of hydrogen-bond acceptors (Lipinski definition) is 6. The number of aliphatic hydroxyl groups is 1. The van der Waals surface area contributed by atoms with E-state index in [1.165, 1.54) is 12.8 Å². The van der Waals surface area contributed by atoms with Crippen molar-refractivity contribution in [1.29, 1.82) is 0 Å². The lowest BCUT2D eigenvalue weighted by Crippen LogP contribution is -2.18. The van der Waals surface area contributed by atoms with E-state index in [2.05, 4.69) is 6.92 Å². The van der Waals surface area contributed by atoms with E-state index in [9.17, 15) is 9.90 Å². The maximum atomic E-state index is 11.4. The van der Waals surface area contributed by atoms with Gasteiger partial charge in [0.2, 0.25) is 0 Å². The Morgan fingerprint density at radius 2 is 2.04 bits per heavy atom. The van der Waals surface area contributed by atoms with Crippen LogP contribution in [0.25, 0.3) is 5.76 Å². The van der Waals surface area contributed by atoms with Crippen molar-refractivity contribution in [1.82, 2.24) is 0 Å². The van der Waals surface area contributed by atoms with E-state index >= 15 is 0 Å². The molecule has 0 aliphatic carbocycles. The molecule has 138 valence electrons. The van der Waals surface area contributed by atoms with Crippen molar-refractivity contribution in [2.24, 2.45) is 0 Å². The standard InChI is InChI=1S/C19H26O6/c1-3-5-6-7-11-23-16-12-25-19-14(18(16)21)9-8-10-15(19)24-13-17(20)22-4-2/h8-10,21H,3-7,11-13H2,1-2H3. The summed E-state index contributed by atoms with van der Waals surface area (Å²) >= 11 is 0. The second-order valence-corrected chi connectivity index (χ2v) is 5.70. The summed E-state index contributed by atoms with van der Waals surface area (Å²) in [6, 6.07) is 5.13. The number of hydrogen-bond donors (Lipinski definition) is 1. The van der Waals surface area contributed by atoms with Crippen LogP contribution in [0, 0.1) is 0 Å². The molecule has 0 unspecified atom stereocenters. The molecule has 0 spiro atoms. The van der Waals surface area contributed by atoms with Crippen LogP contribution in [0.4, 0.5) is 0 Å². The summed E-state index contributed by atoms with van der Waals surface area (Å²) in [6.07, 6.45) is 4.39. The summed E-state index contributed by atoms with van der Waals surface area (Å²) in [5.74, 6) is 0.818. The normalized spacial score (nSPS) is 13.0. The van der Waals surface area contributed by atoms with E-state index in [0.29, 0.717) is 36.0 Å². The second kappa shape index (κ2) is 9.81. The molecule has 6 nitrogen and oxygen atoms in total. The molecule has 1 aromatic carbocycles. The zero-order valence-electron chi connectivity index (χ0n) is 14.9. The predicted octanol–water partition coefficient (Wildman–Crippen LogP) is 3.84. The maximum Gasteiger partial charge on any atom is 0.344 e. The van der Waals surface area contributed by atoms with Crippen molar-refractivity contribution in [3.8, 4) is 11.5 Å². The highest BCUT2D eigenvalue weighted by atomic mass is 16.6. The largest absolute Gasteiger partial charge is 0.504 e. The Bertz CT molecular complexity index is 608. The van der Waals surface area contributed by atoms with Gasteiger partial charge in [0.1, 0.15) is 6.61 Å². The Labute approximate surface area is 148 Å². The first-order chi connectivity index (χ1) is 12.2. The lowest BCUT2D eigenvalue weighted by atomic mass is 10.1. The van der Waals surface area contributed by atoms with Gasteiger partial charge in [-0.15, -0.1) is 0 Å². The van der Waals surface area contributed by atoms with Crippen LogP contribution in [0.3, 0.4) is 0 Å². The maximum absolute atomic E-state index is 11.4. The van der Waals surface area contributed by atoms with E-state index in [-0.39, 0.29) is 19.0 Å². The predicted molar refractivity (Wildman–Crippen MR) is 93.7 cm³/mol. The fourth-order valence-corrected chi connectivity index (χ4v) is 2.49. The molecule has 0 bridgehead atoms. The first-order valence-electron chi connectivity index (χ1n) is 8.76. The van der Waals surface area contributed by atoms with Gasteiger partial charge in [0, 0.05) is 0 Å². The number of esters is 1. The average Bonchev–Trinajstić information content (AvgIpc) is 2.62. The summed E-state index contributed by atoms with van der Waals surface area (Å²) in [5, 5.41) is 10.4. The zero-order valence-corrected chi connectivity index (χ0v) is 14.9. The van der Waals surface area contributed by atoms with Crippen LogP contribution in [0.5, 0.6) is 11.5 Å². The third-order valence-electron chi connectivity index (χ3n) is 3.77. The molecule has 2 rings (SSSR count). The summed E-state index contributed by atoms with van der Waals surface area (Å²) < 4.78 is 21.6. The van der Waals surface area contributed by atoms with E-state index in [4.69, 9.17) is 18.9 Å². The molecule has 0 saturated heterocycles. The summed E-state index contributed by atoms with van der Waals surface area (Å²) in [6.45, 7) is 4.66. The number of para-hydroxylation sites is 1. The number of unbranched alkanes of at least 4 members (excludes halogenated alkanes) is 3. The highest BCUT2D eigenvalue weighted by Gasteiger charge is 2.24. The van der Waals surface area contributed by atoms with Crippen LogP contribution in [-0.4, -0.2) is 37.5 Å². The molecule has 0 fully saturated rings. The molecule has 6 heteroatoms. The Morgan fingerprint density at radius 1 is 1.20 bits per heavy atom. The Kier molecular flexibility index (Phi) is 7.44. The smallest absolute Gasteiger partial charge is 0.344 e. The van der Waals surface area contributed by atoms with Crippen LogP contribution in [-0.2, 0) is 14.3 Å².